The summed E-state index contributed by atoms with van der Waals surface area (Å²) in [6, 6.07) is 3.02. The van der Waals surface area contributed by atoms with E-state index in [9.17, 15) is 0 Å². The van der Waals surface area contributed by atoms with Gasteiger partial charge in [0.25, 0.3) is 0 Å². The molecule has 1 aliphatic rings. The highest BCUT2D eigenvalue weighted by molar-refractivity contribution is 5.05. The Morgan fingerprint density at radius 3 is 2.58 bits per heavy atom. The zero-order valence-corrected chi connectivity index (χ0v) is 8.09. The van der Waals surface area contributed by atoms with E-state index in [0.717, 1.165) is 12.6 Å². The summed E-state index contributed by atoms with van der Waals surface area (Å²) in [5, 5.41) is 11.9. The van der Waals surface area contributed by atoms with E-state index in [4.69, 9.17) is 5.26 Å². The third-order valence-electron chi connectivity index (χ3n) is 2.53. The smallest absolute Gasteiger partial charge is 0.116 e. The number of likely N-dealkylation sites (N-methyl/N-ethyl adjacent to an activating group) is 2. The first kappa shape index (κ1) is 9.50. The second kappa shape index (κ2) is 3.42. The maximum Gasteiger partial charge on any atom is 0.116 e. The van der Waals surface area contributed by atoms with Crippen LogP contribution in [0.4, 0.5) is 0 Å². The molecule has 0 aromatic heterocycles. The summed E-state index contributed by atoms with van der Waals surface area (Å²) in [6.07, 6.45) is 2.59. The SMILES string of the molecule is CNC(C)(C#N)CN(C)C1CC1. The molecule has 0 aromatic rings. The molecule has 1 saturated carbocycles. The molecule has 1 aliphatic carbocycles. The Labute approximate surface area is 74.4 Å². The Hall–Kier alpha value is -0.590. The number of hydrogen-bond acceptors (Lipinski definition) is 3. The van der Waals surface area contributed by atoms with Crippen LogP contribution >= 0.6 is 0 Å². The Morgan fingerprint density at radius 1 is 1.67 bits per heavy atom. The van der Waals surface area contributed by atoms with Crippen LogP contribution in [0, 0.1) is 11.3 Å². The van der Waals surface area contributed by atoms with Gasteiger partial charge in [0, 0.05) is 12.6 Å². The van der Waals surface area contributed by atoms with Gasteiger partial charge in [-0.2, -0.15) is 5.26 Å². The van der Waals surface area contributed by atoms with Gasteiger partial charge in [0.15, 0.2) is 0 Å². The molecule has 68 valence electrons. The normalized spacial score (nSPS) is 21.9. The van der Waals surface area contributed by atoms with Crippen LogP contribution in [0.25, 0.3) is 0 Å². The number of hydrogen-bond donors (Lipinski definition) is 1. The van der Waals surface area contributed by atoms with Crippen LogP contribution in [0.3, 0.4) is 0 Å². The van der Waals surface area contributed by atoms with Gasteiger partial charge in [-0.05, 0) is 33.9 Å². The summed E-state index contributed by atoms with van der Waals surface area (Å²) >= 11 is 0. The van der Waals surface area contributed by atoms with Crippen LogP contribution < -0.4 is 5.32 Å². The minimum absolute atomic E-state index is 0.392. The third kappa shape index (κ3) is 2.20. The van der Waals surface area contributed by atoms with Crippen LogP contribution in [0.1, 0.15) is 19.8 Å². The average molecular weight is 167 g/mol. The van der Waals surface area contributed by atoms with Crippen LogP contribution in [-0.2, 0) is 0 Å². The second-order valence-corrected chi connectivity index (χ2v) is 3.84. The highest BCUT2D eigenvalue weighted by atomic mass is 15.2. The van der Waals surface area contributed by atoms with E-state index in [2.05, 4.69) is 23.3 Å². The monoisotopic (exact) mass is 167 g/mol. The number of nitrogens with zero attached hydrogens (tertiary/aromatic N) is 2. The quantitative estimate of drug-likeness (QED) is 0.666. The van der Waals surface area contributed by atoms with Gasteiger partial charge in [-0.1, -0.05) is 0 Å². The molecule has 0 aliphatic heterocycles. The number of nitriles is 1. The molecule has 0 spiro atoms. The molecule has 1 N–H and O–H groups in total. The van der Waals surface area contributed by atoms with Gasteiger partial charge < -0.3 is 10.2 Å². The zero-order chi connectivity index (χ0) is 9.19. The highest BCUT2D eigenvalue weighted by Gasteiger charge is 2.31. The van der Waals surface area contributed by atoms with E-state index in [-0.39, 0.29) is 0 Å². The largest absolute Gasteiger partial charge is 0.302 e. The lowest BCUT2D eigenvalue weighted by Gasteiger charge is -2.27. The molecule has 0 bridgehead atoms. The van der Waals surface area contributed by atoms with Gasteiger partial charge >= 0.3 is 0 Å². The van der Waals surface area contributed by atoms with Gasteiger partial charge in [0.1, 0.15) is 5.54 Å². The fourth-order valence-electron chi connectivity index (χ4n) is 1.31. The van der Waals surface area contributed by atoms with E-state index in [0.29, 0.717) is 0 Å². The van der Waals surface area contributed by atoms with Gasteiger partial charge in [-0.3, -0.25) is 0 Å². The number of rotatable bonds is 4. The molecular weight excluding hydrogens is 150 g/mol. The molecule has 0 amide bonds. The minimum atomic E-state index is -0.392. The van der Waals surface area contributed by atoms with Gasteiger partial charge in [-0.15, -0.1) is 0 Å². The number of nitrogens with one attached hydrogen (secondary N) is 1. The van der Waals surface area contributed by atoms with Crippen LogP contribution in [-0.4, -0.2) is 37.1 Å². The summed E-state index contributed by atoms with van der Waals surface area (Å²) in [5.41, 5.74) is -0.392. The molecule has 3 nitrogen and oxygen atoms in total. The molecule has 3 heteroatoms. The summed E-state index contributed by atoms with van der Waals surface area (Å²) in [6.45, 7) is 2.75. The van der Waals surface area contributed by atoms with Crippen molar-refractivity contribution in [3.05, 3.63) is 0 Å². The molecule has 1 unspecified atom stereocenters. The van der Waals surface area contributed by atoms with Gasteiger partial charge in [-0.25, -0.2) is 0 Å². The van der Waals surface area contributed by atoms with Gasteiger partial charge in [0.05, 0.1) is 6.07 Å². The summed E-state index contributed by atoms with van der Waals surface area (Å²) < 4.78 is 0. The zero-order valence-electron chi connectivity index (χ0n) is 8.09. The van der Waals surface area contributed by atoms with E-state index in [1.807, 2.05) is 14.0 Å². The first-order valence-corrected chi connectivity index (χ1v) is 4.42. The lowest BCUT2D eigenvalue weighted by atomic mass is 10.1. The predicted octanol–water partition coefficient (Wildman–Crippen LogP) is 0.582. The lowest BCUT2D eigenvalue weighted by molar-refractivity contribution is 0.260. The first-order chi connectivity index (χ1) is 5.61. The molecule has 12 heavy (non-hydrogen) atoms. The lowest BCUT2D eigenvalue weighted by Crippen LogP contribution is -2.48. The third-order valence-corrected chi connectivity index (χ3v) is 2.53. The second-order valence-electron chi connectivity index (χ2n) is 3.84. The van der Waals surface area contributed by atoms with Crippen LogP contribution in [0.5, 0.6) is 0 Å². The molecular formula is C9H17N3. The fourth-order valence-corrected chi connectivity index (χ4v) is 1.31. The fraction of sp³-hybridized carbons (Fsp3) is 0.889. The van der Waals surface area contributed by atoms with Crippen molar-refractivity contribution in [2.45, 2.75) is 31.3 Å². The van der Waals surface area contributed by atoms with Crippen molar-refractivity contribution in [3.63, 3.8) is 0 Å². The molecule has 1 fully saturated rings. The van der Waals surface area contributed by atoms with Crippen molar-refractivity contribution in [2.75, 3.05) is 20.6 Å². The van der Waals surface area contributed by atoms with Crippen molar-refractivity contribution in [1.82, 2.24) is 10.2 Å². The first-order valence-electron chi connectivity index (χ1n) is 4.42. The topological polar surface area (TPSA) is 39.1 Å². The van der Waals surface area contributed by atoms with Crippen molar-refractivity contribution >= 4 is 0 Å². The average Bonchev–Trinajstić information content (AvgIpc) is 2.86. The van der Waals surface area contributed by atoms with E-state index < -0.39 is 5.54 Å². The van der Waals surface area contributed by atoms with E-state index in [1.165, 1.54) is 12.8 Å². The maximum absolute atomic E-state index is 8.90. The highest BCUT2D eigenvalue weighted by Crippen LogP contribution is 2.26. The molecule has 0 saturated heterocycles. The van der Waals surface area contributed by atoms with Crippen molar-refractivity contribution < 1.29 is 0 Å². The van der Waals surface area contributed by atoms with Gasteiger partial charge in [0.2, 0.25) is 0 Å². The van der Waals surface area contributed by atoms with Crippen molar-refractivity contribution in [2.24, 2.45) is 0 Å². The summed E-state index contributed by atoms with van der Waals surface area (Å²) in [4.78, 5) is 2.26. The van der Waals surface area contributed by atoms with Crippen molar-refractivity contribution in [3.8, 4) is 6.07 Å². The summed E-state index contributed by atoms with van der Waals surface area (Å²) in [5.74, 6) is 0. The van der Waals surface area contributed by atoms with E-state index in [1.54, 1.807) is 0 Å². The Kier molecular flexibility index (Phi) is 2.71. The van der Waals surface area contributed by atoms with Crippen LogP contribution in [0.2, 0.25) is 0 Å². The molecule has 1 rings (SSSR count). The molecule has 0 heterocycles. The van der Waals surface area contributed by atoms with Crippen LogP contribution in [0.15, 0.2) is 0 Å². The molecule has 1 atom stereocenters. The predicted molar refractivity (Wildman–Crippen MR) is 48.7 cm³/mol. The Bertz CT molecular complexity index is 192. The Balaban J connectivity index is 2.41. The van der Waals surface area contributed by atoms with Crippen molar-refractivity contribution in [1.29, 1.82) is 5.26 Å². The standard InChI is InChI=1S/C9H17N3/c1-9(6-10,11-2)7-12(3)8-4-5-8/h8,11H,4-5,7H2,1-3H3. The molecule has 0 aromatic carbocycles. The Morgan fingerprint density at radius 2 is 2.25 bits per heavy atom. The minimum Gasteiger partial charge on any atom is -0.302 e. The summed E-state index contributed by atoms with van der Waals surface area (Å²) in [7, 11) is 3.93. The molecule has 0 radical (unpaired) electrons. The maximum atomic E-state index is 8.90. The van der Waals surface area contributed by atoms with E-state index >= 15 is 0 Å².